The highest BCUT2D eigenvalue weighted by atomic mass is 19.1. The smallest absolute Gasteiger partial charge is 0.174 e. The van der Waals surface area contributed by atoms with Crippen molar-refractivity contribution in [2.24, 2.45) is 5.73 Å². The SMILES string of the molecule is COc1cc2c(c(C(O)CN)c1F)OCCO2. The van der Waals surface area contributed by atoms with Crippen LogP contribution in [0.25, 0.3) is 0 Å². The number of hydrogen-bond donors (Lipinski definition) is 2. The second-order valence-electron chi connectivity index (χ2n) is 3.58. The average molecular weight is 243 g/mol. The van der Waals surface area contributed by atoms with Crippen molar-refractivity contribution in [2.75, 3.05) is 26.9 Å². The van der Waals surface area contributed by atoms with Crippen molar-refractivity contribution in [1.29, 1.82) is 0 Å². The van der Waals surface area contributed by atoms with Gasteiger partial charge in [0.2, 0.25) is 0 Å². The number of aliphatic hydroxyl groups is 1. The van der Waals surface area contributed by atoms with E-state index in [1.54, 1.807) is 0 Å². The van der Waals surface area contributed by atoms with Crippen molar-refractivity contribution in [1.82, 2.24) is 0 Å². The first-order valence-electron chi connectivity index (χ1n) is 5.23. The van der Waals surface area contributed by atoms with Gasteiger partial charge in [0, 0.05) is 12.6 Å². The Bertz CT molecular complexity index is 424. The Morgan fingerprint density at radius 2 is 2.24 bits per heavy atom. The molecule has 0 saturated carbocycles. The summed E-state index contributed by atoms with van der Waals surface area (Å²) in [5.41, 5.74) is 5.33. The van der Waals surface area contributed by atoms with Crippen LogP contribution in [0, 0.1) is 5.82 Å². The van der Waals surface area contributed by atoms with Crippen LogP contribution in [0.3, 0.4) is 0 Å². The van der Waals surface area contributed by atoms with E-state index >= 15 is 0 Å². The van der Waals surface area contributed by atoms with Crippen LogP contribution >= 0.6 is 0 Å². The van der Waals surface area contributed by atoms with Crippen LogP contribution in [0.4, 0.5) is 4.39 Å². The Morgan fingerprint density at radius 3 is 2.88 bits per heavy atom. The summed E-state index contributed by atoms with van der Waals surface area (Å²) in [5, 5.41) is 9.73. The minimum atomic E-state index is -1.15. The molecule has 0 aromatic heterocycles. The molecule has 94 valence electrons. The zero-order valence-electron chi connectivity index (χ0n) is 9.40. The number of rotatable bonds is 3. The molecule has 0 radical (unpaired) electrons. The van der Waals surface area contributed by atoms with E-state index < -0.39 is 11.9 Å². The van der Waals surface area contributed by atoms with Crippen LogP contribution in [0.1, 0.15) is 11.7 Å². The predicted molar refractivity (Wildman–Crippen MR) is 58.0 cm³/mol. The number of halogens is 1. The van der Waals surface area contributed by atoms with Gasteiger partial charge < -0.3 is 25.1 Å². The molecule has 1 aromatic rings. The molecule has 0 saturated heterocycles. The molecule has 0 fully saturated rings. The van der Waals surface area contributed by atoms with Gasteiger partial charge in [-0.25, -0.2) is 4.39 Å². The van der Waals surface area contributed by atoms with Crippen LogP contribution in [-0.4, -0.2) is 32.0 Å². The number of fused-ring (bicyclic) bond motifs is 1. The van der Waals surface area contributed by atoms with Crippen molar-refractivity contribution in [3.63, 3.8) is 0 Å². The number of hydrogen-bond acceptors (Lipinski definition) is 5. The van der Waals surface area contributed by atoms with Gasteiger partial charge in [0.15, 0.2) is 23.1 Å². The van der Waals surface area contributed by atoms with E-state index in [1.807, 2.05) is 0 Å². The number of aliphatic hydroxyl groups excluding tert-OH is 1. The number of ether oxygens (including phenoxy) is 3. The monoisotopic (exact) mass is 243 g/mol. The van der Waals surface area contributed by atoms with E-state index in [4.69, 9.17) is 19.9 Å². The molecule has 2 rings (SSSR count). The molecule has 0 amide bonds. The van der Waals surface area contributed by atoms with Crippen molar-refractivity contribution >= 4 is 0 Å². The lowest BCUT2D eigenvalue weighted by atomic mass is 10.1. The van der Waals surface area contributed by atoms with E-state index in [0.29, 0.717) is 19.0 Å². The highest BCUT2D eigenvalue weighted by molar-refractivity contribution is 5.54. The van der Waals surface area contributed by atoms with Crippen LogP contribution in [-0.2, 0) is 0 Å². The highest BCUT2D eigenvalue weighted by Crippen LogP contribution is 2.42. The fourth-order valence-electron chi connectivity index (χ4n) is 1.73. The number of benzene rings is 1. The van der Waals surface area contributed by atoms with Crippen molar-refractivity contribution in [2.45, 2.75) is 6.10 Å². The Balaban J connectivity index is 2.59. The summed E-state index contributed by atoms with van der Waals surface area (Å²) in [5.74, 6) is -0.115. The van der Waals surface area contributed by atoms with Crippen LogP contribution in [0.5, 0.6) is 17.2 Å². The summed E-state index contributed by atoms with van der Waals surface area (Å²) >= 11 is 0. The van der Waals surface area contributed by atoms with Gasteiger partial charge in [-0.1, -0.05) is 0 Å². The zero-order valence-corrected chi connectivity index (χ0v) is 9.40. The van der Waals surface area contributed by atoms with Crippen molar-refractivity contribution in [3.05, 3.63) is 17.4 Å². The summed E-state index contributed by atoms with van der Waals surface area (Å²) in [4.78, 5) is 0. The first-order valence-corrected chi connectivity index (χ1v) is 5.23. The minimum Gasteiger partial charge on any atom is -0.494 e. The highest BCUT2D eigenvalue weighted by Gasteiger charge is 2.27. The summed E-state index contributed by atoms with van der Waals surface area (Å²) in [7, 11) is 1.34. The third-order valence-corrected chi connectivity index (χ3v) is 2.55. The molecule has 5 nitrogen and oxygen atoms in total. The molecular weight excluding hydrogens is 229 g/mol. The molecule has 1 aromatic carbocycles. The van der Waals surface area contributed by atoms with Crippen molar-refractivity contribution < 1.29 is 23.7 Å². The summed E-state index contributed by atoms with van der Waals surface area (Å²) in [6, 6.07) is 1.40. The Hall–Kier alpha value is -1.53. The van der Waals surface area contributed by atoms with Crippen molar-refractivity contribution in [3.8, 4) is 17.2 Å². The van der Waals surface area contributed by atoms with E-state index in [9.17, 15) is 9.50 Å². The van der Waals surface area contributed by atoms with Gasteiger partial charge in [-0.3, -0.25) is 0 Å². The normalized spacial score (nSPS) is 15.5. The summed E-state index contributed by atoms with van der Waals surface area (Å²) in [6.07, 6.45) is -1.15. The second kappa shape index (κ2) is 4.77. The average Bonchev–Trinajstić information content (AvgIpc) is 2.37. The molecule has 0 aliphatic carbocycles. The van der Waals surface area contributed by atoms with Gasteiger partial charge in [-0.2, -0.15) is 0 Å². The van der Waals surface area contributed by atoms with E-state index in [1.165, 1.54) is 13.2 Å². The van der Waals surface area contributed by atoms with E-state index in [2.05, 4.69) is 0 Å². The summed E-state index contributed by atoms with van der Waals surface area (Å²) < 4.78 is 29.6. The molecule has 1 aliphatic heterocycles. The van der Waals surface area contributed by atoms with Gasteiger partial charge in [-0.15, -0.1) is 0 Å². The van der Waals surface area contributed by atoms with Gasteiger partial charge >= 0.3 is 0 Å². The molecule has 17 heavy (non-hydrogen) atoms. The lowest BCUT2D eigenvalue weighted by molar-refractivity contribution is 0.144. The molecular formula is C11H14FNO4. The Morgan fingerprint density at radius 1 is 1.53 bits per heavy atom. The third-order valence-electron chi connectivity index (χ3n) is 2.55. The molecule has 1 atom stereocenters. The molecule has 0 bridgehead atoms. The number of methoxy groups -OCH3 is 1. The Kier molecular flexibility index (Phi) is 3.35. The quantitative estimate of drug-likeness (QED) is 0.813. The fourth-order valence-corrected chi connectivity index (χ4v) is 1.73. The Labute approximate surface area is 97.9 Å². The van der Waals surface area contributed by atoms with Crippen LogP contribution in [0.2, 0.25) is 0 Å². The van der Waals surface area contributed by atoms with Gasteiger partial charge in [0.05, 0.1) is 18.8 Å². The molecule has 0 spiro atoms. The number of nitrogens with two attached hydrogens (primary N) is 1. The third kappa shape index (κ3) is 2.01. The first kappa shape index (κ1) is 11.9. The first-order chi connectivity index (χ1) is 8.19. The molecule has 3 N–H and O–H groups in total. The maximum Gasteiger partial charge on any atom is 0.174 e. The molecule has 1 unspecified atom stereocenters. The van der Waals surface area contributed by atoms with Gasteiger partial charge in [0.25, 0.3) is 0 Å². The lowest BCUT2D eigenvalue weighted by Gasteiger charge is -2.24. The zero-order chi connectivity index (χ0) is 12.4. The van der Waals surface area contributed by atoms with E-state index in [0.717, 1.165) is 0 Å². The van der Waals surface area contributed by atoms with Gasteiger partial charge in [0.1, 0.15) is 13.2 Å². The van der Waals surface area contributed by atoms with E-state index in [-0.39, 0.29) is 23.6 Å². The molecule has 1 heterocycles. The summed E-state index contributed by atoms with van der Waals surface area (Å²) in [6.45, 7) is 0.572. The predicted octanol–water partition coefficient (Wildman–Crippen LogP) is 0.598. The maximum absolute atomic E-state index is 14.0. The standard InChI is InChI=1S/C11H14FNO4/c1-15-7-4-8-11(17-3-2-16-8)9(10(7)12)6(14)5-13/h4,6,14H,2-3,5,13H2,1H3. The second-order valence-corrected chi connectivity index (χ2v) is 3.58. The minimum absolute atomic E-state index is 0.00301. The lowest BCUT2D eigenvalue weighted by Crippen LogP contribution is -2.21. The largest absolute Gasteiger partial charge is 0.494 e. The fraction of sp³-hybridized carbons (Fsp3) is 0.455. The van der Waals surface area contributed by atoms with Crippen LogP contribution < -0.4 is 19.9 Å². The molecule has 6 heteroatoms. The topological polar surface area (TPSA) is 73.9 Å². The maximum atomic E-state index is 14.0. The molecule has 1 aliphatic rings. The van der Waals surface area contributed by atoms with Crippen LogP contribution in [0.15, 0.2) is 6.07 Å². The van der Waals surface area contributed by atoms with Gasteiger partial charge in [-0.05, 0) is 0 Å².